The first-order valence-corrected chi connectivity index (χ1v) is 14.2. The first-order chi connectivity index (χ1) is 21.2. The number of pyridine rings is 1. The van der Waals surface area contributed by atoms with Crippen LogP contribution < -0.4 is 20.1 Å². The van der Waals surface area contributed by atoms with Gasteiger partial charge in [-0.1, -0.05) is 6.07 Å². The number of hydrogen-bond acceptors (Lipinski definition) is 7. The third kappa shape index (κ3) is 6.25. The quantitative estimate of drug-likeness (QED) is 0.287. The molecule has 3 amide bonds. The zero-order chi connectivity index (χ0) is 30.8. The number of nitrogens with zero attached hydrogens (tertiary/aromatic N) is 3. The van der Waals surface area contributed by atoms with Crippen LogP contribution in [0.3, 0.4) is 0 Å². The van der Waals surface area contributed by atoms with E-state index in [0.717, 1.165) is 11.1 Å². The van der Waals surface area contributed by atoms with E-state index >= 15 is 0 Å². The summed E-state index contributed by atoms with van der Waals surface area (Å²) in [6.45, 7) is 4.91. The molecule has 1 fully saturated rings. The van der Waals surface area contributed by atoms with Crippen LogP contribution in [0.25, 0.3) is 10.9 Å². The lowest BCUT2D eigenvalue weighted by Crippen LogP contribution is -2.52. The molecule has 6 rings (SSSR count). The van der Waals surface area contributed by atoms with Crippen LogP contribution in [0.15, 0.2) is 66.7 Å². The highest BCUT2D eigenvalue weighted by Crippen LogP contribution is 2.31. The zero-order valence-electron chi connectivity index (χ0n) is 23.9. The number of amides is 3. The number of carbonyl (C=O) groups excluding carboxylic acids is 2. The minimum Gasteiger partial charge on any atom is -0.486 e. The van der Waals surface area contributed by atoms with Crippen molar-refractivity contribution in [1.29, 1.82) is 0 Å². The largest absolute Gasteiger partial charge is 0.486 e. The second kappa shape index (κ2) is 12.2. The van der Waals surface area contributed by atoms with Gasteiger partial charge in [-0.25, -0.2) is 9.18 Å². The first kappa shape index (κ1) is 28.9. The molecule has 44 heavy (non-hydrogen) atoms. The molecule has 3 N–H and O–H groups in total. The third-order valence-electron chi connectivity index (χ3n) is 7.69. The summed E-state index contributed by atoms with van der Waals surface area (Å²) in [7, 11) is 0. The van der Waals surface area contributed by atoms with E-state index in [1.54, 1.807) is 36.4 Å². The molecule has 11 nitrogen and oxygen atoms in total. The molecule has 0 radical (unpaired) electrons. The monoisotopic (exact) mass is 599 g/mol. The van der Waals surface area contributed by atoms with Crippen molar-refractivity contribution in [2.45, 2.75) is 19.5 Å². The summed E-state index contributed by atoms with van der Waals surface area (Å²) in [5.41, 5.74) is 2.41. The van der Waals surface area contributed by atoms with Crippen molar-refractivity contribution < 1.29 is 33.4 Å². The number of fused-ring (bicyclic) bond motifs is 2. The van der Waals surface area contributed by atoms with Crippen molar-refractivity contribution in [3.63, 3.8) is 0 Å². The highest BCUT2D eigenvalue weighted by atomic mass is 19.1. The molecule has 3 aromatic carbocycles. The van der Waals surface area contributed by atoms with Gasteiger partial charge in [0.2, 0.25) is 0 Å². The van der Waals surface area contributed by atoms with E-state index in [1.165, 1.54) is 23.1 Å². The van der Waals surface area contributed by atoms with Crippen LogP contribution in [0, 0.1) is 5.82 Å². The predicted molar refractivity (Wildman–Crippen MR) is 161 cm³/mol. The number of hydrogen-bond donors (Lipinski definition) is 3. The van der Waals surface area contributed by atoms with Crippen molar-refractivity contribution in [2.24, 2.45) is 0 Å². The summed E-state index contributed by atoms with van der Waals surface area (Å²) in [5.74, 6) is -0.559. The molecule has 1 saturated heterocycles. The number of piperazine rings is 1. The van der Waals surface area contributed by atoms with Gasteiger partial charge in [0.25, 0.3) is 11.8 Å². The normalized spacial score (nSPS) is 16.4. The van der Waals surface area contributed by atoms with Gasteiger partial charge in [0, 0.05) is 54.4 Å². The molecule has 226 valence electrons. The number of ether oxygens (including phenoxy) is 2. The van der Waals surface area contributed by atoms with Crippen LogP contribution in [-0.4, -0.2) is 76.7 Å². The smallest absolute Gasteiger partial charge is 0.407 e. The van der Waals surface area contributed by atoms with Crippen LogP contribution in [0.4, 0.5) is 20.6 Å². The molecule has 2 aliphatic rings. The molecule has 0 aliphatic carbocycles. The maximum atomic E-state index is 14.7. The maximum absolute atomic E-state index is 14.7. The molecule has 0 saturated carbocycles. The van der Waals surface area contributed by atoms with E-state index in [1.807, 2.05) is 19.1 Å². The number of carboxylic acid groups (broad SMARTS) is 1. The fourth-order valence-corrected chi connectivity index (χ4v) is 5.29. The fraction of sp³-hybridized carbons (Fsp3) is 0.250. The predicted octanol–water partition coefficient (Wildman–Crippen LogP) is 4.83. The van der Waals surface area contributed by atoms with Crippen molar-refractivity contribution in [2.75, 3.05) is 43.5 Å². The molecule has 0 spiro atoms. The van der Waals surface area contributed by atoms with Gasteiger partial charge >= 0.3 is 6.09 Å². The Labute approximate surface area is 252 Å². The highest BCUT2D eigenvalue weighted by molar-refractivity contribution is 6.07. The Morgan fingerprint density at radius 1 is 0.909 bits per heavy atom. The molecule has 3 heterocycles. The van der Waals surface area contributed by atoms with Crippen LogP contribution in [-0.2, 0) is 6.54 Å². The Morgan fingerprint density at radius 3 is 2.45 bits per heavy atom. The number of nitrogens with one attached hydrogen (secondary N) is 2. The van der Waals surface area contributed by atoms with Crippen molar-refractivity contribution in [3.05, 3.63) is 89.4 Å². The minimum absolute atomic E-state index is 0.0592. The number of anilines is 2. The molecule has 2 aliphatic heterocycles. The standard InChI is InChI=1S/C32H30FN5O6/c1-19-17-38(32(41)42)11-10-37(19)18-24-5-2-20-14-21(3-8-26(20)34-24)31(40)36-27-16-23(6-7-25(27)33)35-30(39)22-4-9-28-29(15-22)44-13-12-43-28/h2-9,14-16,19H,10-13,17-18H2,1H3,(H,35,39)(H,36,40)(H,41,42). The molecule has 4 aromatic rings. The Balaban J connectivity index is 1.11. The van der Waals surface area contributed by atoms with Gasteiger partial charge in [-0.3, -0.25) is 19.5 Å². The van der Waals surface area contributed by atoms with Crippen LogP contribution in [0.5, 0.6) is 11.5 Å². The van der Waals surface area contributed by atoms with E-state index in [4.69, 9.17) is 14.5 Å². The van der Waals surface area contributed by atoms with Gasteiger partial charge in [-0.2, -0.15) is 0 Å². The van der Waals surface area contributed by atoms with Gasteiger partial charge in [0.15, 0.2) is 11.5 Å². The van der Waals surface area contributed by atoms with Crippen LogP contribution in [0.1, 0.15) is 33.3 Å². The SMILES string of the molecule is CC1CN(C(=O)O)CCN1Cc1ccc2cc(C(=O)Nc3cc(NC(=O)c4ccc5c(c4)OCCO5)ccc3F)ccc2n1. The molecule has 1 unspecified atom stereocenters. The van der Waals surface area contributed by atoms with Crippen molar-refractivity contribution in [1.82, 2.24) is 14.8 Å². The lowest BCUT2D eigenvalue weighted by atomic mass is 10.1. The topological polar surface area (TPSA) is 133 Å². The third-order valence-corrected chi connectivity index (χ3v) is 7.69. The summed E-state index contributed by atoms with van der Waals surface area (Å²) < 4.78 is 25.7. The maximum Gasteiger partial charge on any atom is 0.407 e. The first-order valence-electron chi connectivity index (χ1n) is 14.2. The van der Waals surface area contributed by atoms with Crippen molar-refractivity contribution in [3.8, 4) is 11.5 Å². The van der Waals surface area contributed by atoms with Gasteiger partial charge in [0.1, 0.15) is 19.0 Å². The molecule has 12 heteroatoms. The van der Waals surface area contributed by atoms with E-state index < -0.39 is 23.7 Å². The number of rotatable bonds is 6. The average Bonchev–Trinajstić information content (AvgIpc) is 3.03. The summed E-state index contributed by atoms with van der Waals surface area (Å²) in [6, 6.07) is 17.6. The molecule has 1 aromatic heterocycles. The summed E-state index contributed by atoms with van der Waals surface area (Å²) in [4.78, 5) is 45.5. The van der Waals surface area contributed by atoms with Crippen LogP contribution in [0.2, 0.25) is 0 Å². The molecular formula is C32H30FN5O6. The molecular weight excluding hydrogens is 569 g/mol. The van der Waals surface area contributed by atoms with E-state index in [0.29, 0.717) is 73.2 Å². The Bertz CT molecular complexity index is 1760. The van der Waals surface area contributed by atoms with E-state index in [-0.39, 0.29) is 11.7 Å². The Morgan fingerprint density at radius 2 is 1.66 bits per heavy atom. The Kier molecular flexibility index (Phi) is 7.99. The Hall–Kier alpha value is -5.23. The molecule has 0 bridgehead atoms. The number of aromatic nitrogens is 1. The number of carbonyl (C=O) groups is 3. The second-order valence-electron chi connectivity index (χ2n) is 10.7. The summed E-state index contributed by atoms with van der Waals surface area (Å²) in [5, 5.41) is 15.3. The van der Waals surface area contributed by atoms with Gasteiger partial charge in [-0.15, -0.1) is 0 Å². The highest BCUT2D eigenvalue weighted by Gasteiger charge is 2.26. The second-order valence-corrected chi connectivity index (χ2v) is 10.7. The van der Waals surface area contributed by atoms with E-state index in [9.17, 15) is 23.9 Å². The fourth-order valence-electron chi connectivity index (χ4n) is 5.29. The van der Waals surface area contributed by atoms with Crippen LogP contribution >= 0.6 is 0 Å². The summed E-state index contributed by atoms with van der Waals surface area (Å²) >= 11 is 0. The van der Waals surface area contributed by atoms with Gasteiger partial charge < -0.3 is 30.1 Å². The molecule has 1 atom stereocenters. The minimum atomic E-state index is -0.907. The number of halogens is 1. The van der Waals surface area contributed by atoms with Gasteiger partial charge in [0.05, 0.1) is 16.9 Å². The number of benzene rings is 3. The van der Waals surface area contributed by atoms with Gasteiger partial charge in [-0.05, 0) is 67.6 Å². The van der Waals surface area contributed by atoms with E-state index in [2.05, 4.69) is 15.5 Å². The lowest BCUT2D eigenvalue weighted by Gasteiger charge is -2.38. The summed E-state index contributed by atoms with van der Waals surface area (Å²) in [6.07, 6.45) is -0.907. The zero-order valence-corrected chi connectivity index (χ0v) is 23.9. The van der Waals surface area contributed by atoms with Crippen molar-refractivity contribution >= 4 is 40.2 Å². The lowest BCUT2D eigenvalue weighted by molar-refractivity contribution is 0.0706. The average molecular weight is 600 g/mol.